The predicted octanol–water partition coefficient (Wildman–Crippen LogP) is 3.07. The van der Waals surface area contributed by atoms with Gasteiger partial charge in [0.05, 0.1) is 10.6 Å². The molecule has 1 N–H and O–H groups in total. The zero-order valence-electron chi connectivity index (χ0n) is 10.4. The molecule has 2 aromatic rings. The van der Waals surface area contributed by atoms with Gasteiger partial charge in [0.25, 0.3) is 11.1 Å². The molecule has 2 amide bonds. The van der Waals surface area contributed by atoms with E-state index in [1.54, 1.807) is 12.3 Å². The first-order valence-corrected chi connectivity index (χ1v) is 6.80. The summed E-state index contributed by atoms with van der Waals surface area (Å²) in [6.45, 7) is 0. The van der Waals surface area contributed by atoms with Crippen LogP contribution in [0, 0.1) is 0 Å². The molecule has 1 saturated heterocycles. The van der Waals surface area contributed by atoms with Gasteiger partial charge in [-0.1, -0.05) is 30.3 Å². The summed E-state index contributed by atoms with van der Waals surface area (Å²) in [5.74, 6) is -0.369. The maximum atomic E-state index is 11.5. The molecule has 0 atom stereocenters. The number of aromatic nitrogens is 1. The molecule has 3 rings (SSSR count). The average molecular weight is 282 g/mol. The number of hydrogen-bond acceptors (Lipinski definition) is 4. The number of imide groups is 1. The second-order valence-electron chi connectivity index (χ2n) is 4.19. The van der Waals surface area contributed by atoms with Gasteiger partial charge >= 0.3 is 0 Å². The number of rotatable bonds is 2. The second-order valence-corrected chi connectivity index (χ2v) is 5.20. The molecule has 4 nitrogen and oxygen atoms in total. The van der Waals surface area contributed by atoms with Gasteiger partial charge in [-0.2, -0.15) is 0 Å². The summed E-state index contributed by atoms with van der Waals surface area (Å²) in [4.78, 5) is 27.2. The third kappa shape index (κ3) is 2.62. The number of benzene rings is 1. The number of hydrogen-bond donors (Lipinski definition) is 1. The number of nitrogens with one attached hydrogen (secondary N) is 1. The van der Waals surface area contributed by atoms with Crippen molar-refractivity contribution < 1.29 is 9.59 Å². The third-order valence-corrected chi connectivity index (χ3v) is 3.62. The van der Waals surface area contributed by atoms with Crippen molar-refractivity contribution in [3.8, 4) is 11.1 Å². The van der Waals surface area contributed by atoms with E-state index in [0.29, 0.717) is 10.6 Å². The SMILES string of the molecule is O=C1NC(=O)C(=Cc2cc(-c3ccccc3)ccn2)S1. The molecule has 0 bridgehead atoms. The zero-order valence-corrected chi connectivity index (χ0v) is 11.2. The van der Waals surface area contributed by atoms with Crippen molar-refractivity contribution in [3.63, 3.8) is 0 Å². The molecule has 0 unspecified atom stereocenters. The number of amides is 2. The Morgan fingerprint density at radius 2 is 1.85 bits per heavy atom. The summed E-state index contributed by atoms with van der Waals surface area (Å²) < 4.78 is 0. The molecule has 1 fully saturated rings. The highest BCUT2D eigenvalue weighted by Crippen LogP contribution is 2.26. The van der Waals surface area contributed by atoms with Crippen LogP contribution in [0.5, 0.6) is 0 Å². The van der Waals surface area contributed by atoms with Gasteiger partial charge in [-0.05, 0) is 41.1 Å². The van der Waals surface area contributed by atoms with Crippen LogP contribution in [0.25, 0.3) is 17.2 Å². The quantitative estimate of drug-likeness (QED) is 0.860. The van der Waals surface area contributed by atoms with Gasteiger partial charge in [0, 0.05) is 6.20 Å². The number of nitrogens with zero attached hydrogens (tertiary/aromatic N) is 1. The van der Waals surface area contributed by atoms with Crippen LogP contribution in [-0.4, -0.2) is 16.1 Å². The van der Waals surface area contributed by atoms with Gasteiger partial charge < -0.3 is 0 Å². The summed E-state index contributed by atoms with van der Waals surface area (Å²) in [6, 6.07) is 13.7. The first-order valence-electron chi connectivity index (χ1n) is 5.99. The van der Waals surface area contributed by atoms with E-state index >= 15 is 0 Å². The number of pyridine rings is 1. The molecule has 0 spiro atoms. The van der Waals surface area contributed by atoms with Crippen molar-refractivity contribution >= 4 is 29.0 Å². The van der Waals surface area contributed by atoms with Gasteiger partial charge in [-0.15, -0.1) is 0 Å². The Bertz CT molecular complexity index is 711. The standard InChI is InChI=1S/C15H10N2O2S/c18-14-13(20-15(19)17-14)9-12-8-11(6-7-16-12)10-4-2-1-3-5-10/h1-9H,(H,17,18,19). The van der Waals surface area contributed by atoms with E-state index in [-0.39, 0.29) is 11.1 Å². The van der Waals surface area contributed by atoms with Crippen LogP contribution in [0.15, 0.2) is 53.6 Å². The first kappa shape index (κ1) is 12.6. The average Bonchev–Trinajstić information content (AvgIpc) is 2.78. The van der Waals surface area contributed by atoms with E-state index < -0.39 is 0 Å². The molecule has 0 radical (unpaired) electrons. The normalized spacial score (nSPS) is 16.5. The summed E-state index contributed by atoms with van der Waals surface area (Å²) in [6.07, 6.45) is 3.31. The fraction of sp³-hybridized carbons (Fsp3) is 0. The lowest BCUT2D eigenvalue weighted by Crippen LogP contribution is -2.17. The largest absolute Gasteiger partial charge is 0.290 e. The second kappa shape index (κ2) is 5.30. The third-order valence-electron chi connectivity index (χ3n) is 2.81. The van der Waals surface area contributed by atoms with Gasteiger partial charge in [-0.3, -0.25) is 19.9 Å². The van der Waals surface area contributed by atoms with Gasteiger partial charge in [0.1, 0.15) is 0 Å². The minimum Gasteiger partial charge on any atom is -0.282 e. The lowest BCUT2D eigenvalue weighted by molar-refractivity contribution is -0.115. The highest BCUT2D eigenvalue weighted by atomic mass is 32.2. The topological polar surface area (TPSA) is 59.1 Å². The molecule has 20 heavy (non-hydrogen) atoms. The Morgan fingerprint density at radius 3 is 2.55 bits per heavy atom. The molecule has 98 valence electrons. The van der Waals surface area contributed by atoms with Crippen LogP contribution < -0.4 is 5.32 Å². The molecule has 0 aliphatic carbocycles. The van der Waals surface area contributed by atoms with Crippen LogP contribution in [0.3, 0.4) is 0 Å². The molecule has 5 heteroatoms. The predicted molar refractivity (Wildman–Crippen MR) is 78.8 cm³/mol. The van der Waals surface area contributed by atoms with E-state index in [4.69, 9.17) is 0 Å². The van der Waals surface area contributed by atoms with Crippen molar-refractivity contribution in [1.29, 1.82) is 0 Å². The maximum Gasteiger partial charge on any atom is 0.290 e. The lowest BCUT2D eigenvalue weighted by atomic mass is 10.1. The molecule has 2 heterocycles. The zero-order chi connectivity index (χ0) is 13.9. The smallest absolute Gasteiger partial charge is 0.282 e. The molecular weight excluding hydrogens is 272 g/mol. The van der Waals surface area contributed by atoms with Crippen molar-refractivity contribution in [3.05, 3.63) is 59.3 Å². The first-order chi connectivity index (χ1) is 9.72. The van der Waals surface area contributed by atoms with E-state index in [1.807, 2.05) is 42.5 Å². The van der Waals surface area contributed by atoms with Gasteiger partial charge in [0.2, 0.25) is 0 Å². The van der Waals surface area contributed by atoms with Crippen molar-refractivity contribution in [2.24, 2.45) is 0 Å². The summed E-state index contributed by atoms with van der Waals surface area (Å²) in [5, 5.41) is 1.88. The fourth-order valence-corrected chi connectivity index (χ4v) is 2.56. The van der Waals surface area contributed by atoms with E-state index in [0.717, 1.165) is 22.9 Å². The number of carbonyl (C=O) groups is 2. The van der Waals surface area contributed by atoms with Crippen LogP contribution in [-0.2, 0) is 4.79 Å². The summed E-state index contributed by atoms with van der Waals surface area (Å²) in [5.41, 5.74) is 2.75. The molecule has 1 aromatic heterocycles. The van der Waals surface area contributed by atoms with Gasteiger partial charge in [0.15, 0.2) is 0 Å². The van der Waals surface area contributed by atoms with Crippen LogP contribution in [0.1, 0.15) is 5.69 Å². The Balaban J connectivity index is 1.95. The minimum atomic E-state index is -0.369. The Kier molecular flexibility index (Phi) is 3.35. The molecule has 0 saturated carbocycles. The van der Waals surface area contributed by atoms with Crippen LogP contribution in [0.2, 0.25) is 0 Å². The molecule has 1 aliphatic rings. The highest BCUT2D eigenvalue weighted by Gasteiger charge is 2.25. The van der Waals surface area contributed by atoms with Crippen LogP contribution >= 0.6 is 11.8 Å². The van der Waals surface area contributed by atoms with Crippen molar-refractivity contribution in [2.45, 2.75) is 0 Å². The van der Waals surface area contributed by atoms with Gasteiger partial charge in [-0.25, -0.2) is 0 Å². The van der Waals surface area contributed by atoms with Crippen molar-refractivity contribution in [2.75, 3.05) is 0 Å². The lowest BCUT2D eigenvalue weighted by Gasteiger charge is -2.02. The van der Waals surface area contributed by atoms with E-state index in [9.17, 15) is 9.59 Å². The Morgan fingerprint density at radius 1 is 1.05 bits per heavy atom. The van der Waals surface area contributed by atoms with E-state index in [1.165, 1.54) is 0 Å². The summed E-state index contributed by atoms with van der Waals surface area (Å²) in [7, 11) is 0. The number of thioether (sulfide) groups is 1. The number of carbonyl (C=O) groups excluding carboxylic acids is 2. The van der Waals surface area contributed by atoms with Crippen molar-refractivity contribution in [1.82, 2.24) is 10.3 Å². The Labute approximate surface area is 119 Å². The monoisotopic (exact) mass is 282 g/mol. The minimum absolute atomic E-state index is 0.347. The highest BCUT2D eigenvalue weighted by molar-refractivity contribution is 8.18. The molecule has 1 aromatic carbocycles. The molecule has 1 aliphatic heterocycles. The maximum absolute atomic E-state index is 11.5. The van der Waals surface area contributed by atoms with E-state index in [2.05, 4.69) is 10.3 Å². The fourth-order valence-electron chi connectivity index (χ4n) is 1.89. The van der Waals surface area contributed by atoms with Crippen LogP contribution in [0.4, 0.5) is 4.79 Å². The Hall–Kier alpha value is -2.40. The summed E-state index contributed by atoms with van der Waals surface area (Å²) >= 11 is 0.892. The molecular formula is C15H10N2O2S.